The fourth-order valence-electron chi connectivity index (χ4n) is 2.43. The lowest BCUT2D eigenvalue weighted by Crippen LogP contribution is -2.39. The van der Waals surface area contributed by atoms with Gasteiger partial charge in [-0.1, -0.05) is 18.7 Å². The van der Waals surface area contributed by atoms with Gasteiger partial charge in [0.25, 0.3) is 5.56 Å². The molecule has 0 saturated heterocycles. The topological polar surface area (TPSA) is 98.3 Å². The largest absolute Gasteiger partial charge is 0.346 e. The van der Waals surface area contributed by atoms with Crippen LogP contribution in [0.2, 0.25) is 0 Å². The molecule has 23 heavy (non-hydrogen) atoms. The van der Waals surface area contributed by atoms with Crippen LogP contribution in [0.1, 0.15) is 32.6 Å². The predicted octanol–water partition coefficient (Wildman–Crippen LogP) is 0.253. The second-order valence-electron chi connectivity index (χ2n) is 5.78. The zero-order chi connectivity index (χ0) is 17.0. The highest BCUT2D eigenvalue weighted by Crippen LogP contribution is 2.20. The zero-order valence-electron chi connectivity index (χ0n) is 13.5. The zero-order valence-corrected chi connectivity index (χ0v) is 14.4. The van der Waals surface area contributed by atoms with Crippen molar-refractivity contribution in [1.82, 2.24) is 19.8 Å². The Morgan fingerprint density at radius 3 is 2.87 bits per heavy atom. The Morgan fingerprint density at radius 2 is 2.17 bits per heavy atom. The third-order valence-electron chi connectivity index (χ3n) is 3.72. The Kier molecular flexibility index (Phi) is 5.75. The first-order valence-corrected chi connectivity index (χ1v) is 8.48. The minimum absolute atomic E-state index is 0.0206. The van der Waals surface area contributed by atoms with Gasteiger partial charge in [0, 0.05) is 19.8 Å². The van der Waals surface area contributed by atoms with Crippen LogP contribution in [-0.4, -0.2) is 31.7 Å². The number of hydrogen-bond donors (Lipinski definition) is 1. The molecule has 1 aliphatic rings. The molecule has 1 fully saturated rings. The molecule has 0 bridgehead atoms. The van der Waals surface area contributed by atoms with Crippen molar-refractivity contribution >= 4 is 23.4 Å². The third-order valence-corrected chi connectivity index (χ3v) is 4.65. The van der Waals surface area contributed by atoms with E-state index in [1.54, 1.807) is 0 Å². The van der Waals surface area contributed by atoms with E-state index >= 15 is 0 Å². The van der Waals surface area contributed by atoms with Gasteiger partial charge in [0.2, 0.25) is 5.91 Å². The number of rotatable bonds is 4. The summed E-state index contributed by atoms with van der Waals surface area (Å²) < 4.78 is 2.04. The minimum atomic E-state index is -0.502. The lowest BCUT2D eigenvalue weighted by atomic mass is 9.89. The lowest BCUT2D eigenvalue weighted by molar-refractivity contribution is -0.118. The Morgan fingerprint density at radius 1 is 1.43 bits per heavy atom. The molecule has 1 saturated carbocycles. The molecule has 9 heteroatoms. The smallest absolute Gasteiger partial charge is 0.272 e. The van der Waals surface area contributed by atoms with Crippen molar-refractivity contribution in [2.75, 3.05) is 5.75 Å². The summed E-state index contributed by atoms with van der Waals surface area (Å²) >= 11 is 0.994. The highest BCUT2D eigenvalue weighted by atomic mass is 32.2. The van der Waals surface area contributed by atoms with Crippen LogP contribution in [0.4, 0.5) is 0 Å². The number of aromatic nitrogens is 3. The molecule has 8 nitrogen and oxygen atoms in total. The van der Waals surface area contributed by atoms with Crippen LogP contribution in [0.15, 0.2) is 19.7 Å². The fourth-order valence-corrected chi connectivity index (χ4v) is 3.20. The first kappa shape index (κ1) is 17.5. The van der Waals surface area contributed by atoms with Crippen molar-refractivity contribution < 1.29 is 4.79 Å². The highest BCUT2D eigenvalue weighted by Gasteiger charge is 2.15. The molecule has 1 heterocycles. The van der Waals surface area contributed by atoms with E-state index in [9.17, 15) is 14.4 Å². The molecule has 1 aliphatic carbocycles. The van der Waals surface area contributed by atoms with Gasteiger partial charge in [-0.25, -0.2) is 14.9 Å². The van der Waals surface area contributed by atoms with E-state index < -0.39 is 11.2 Å². The first-order chi connectivity index (χ1) is 10.9. The summed E-state index contributed by atoms with van der Waals surface area (Å²) in [5.74, 6) is 0.331. The third kappa shape index (κ3) is 4.54. The lowest BCUT2D eigenvalue weighted by Gasteiger charge is -2.18. The highest BCUT2D eigenvalue weighted by molar-refractivity contribution is 7.99. The van der Waals surface area contributed by atoms with E-state index in [1.807, 2.05) is 0 Å². The monoisotopic (exact) mass is 339 g/mol. The van der Waals surface area contributed by atoms with Crippen LogP contribution >= 0.6 is 11.8 Å². The van der Waals surface area contributed by atoms with E-state index in [0.717, 1.165) is 46.0 Å². The maximum absolute atomic E-state index is 11.9. The van der Waals surface area contributed by atoms with E-state index in [4.69, 9.17) is 0 Å². The summed E-state index contributed by atoms with van der Waals surface area (Å²) in [4.78, 5) is 35.3. The van der Waals surface area contributed by atoms with Gasteiger partial charge in [-0.15, -0.1) is 0 Å². The van der Waals surface area contributed by atoms with Crippen LogP contribution in [0, 0.1) is 5.92 Å². The molecule has 1 atom stereocenters. The first-order valence-electron chi connectivity index (χ1n) is 7.50. The second kappa shape index (κ2) is 7.58. The SMILES string of the molecule is C[C@H]1CCC/C(=N/NC(=O)CSc2nn(C)c(=O)n(C)c2=O)C1. The average molecular weight is 339 g/mol. The maximum Gasteiger partial charge on any atom is 0.346 e. The van der Waals surface area contributed by atoms with E-state index in [0.29, 0.717) is 5.92 Å². The molecule has 126 valence electrons. The van der Waals surface area contributed by atoms with E-state index in [2.05, 4.69) is 22.5 Å². The number of nitrogens with one attached hydrogen (secondary N) is 1. The molecule has 1 amide bonds. The molecular formula is C14H21N5O3S. The van der Waals surface area contributed by atoms with Gasteiger partial charge in [0.1, 0.15) is 0 Å². The Balaban J connectivity index is 1.94. The van der Waals surface area contributed by atoms with Gasteiger partial charge >= 0.3 is 5.69 Å². The van der Waals surface area contributed by atoms with Crippen LogP contribution in [0.5, 0.6) is 0 Å². The number of amides is 1. The number of hydrazone groups is 1. The molecule has 1 aromatic heterocycles. The number of carbonyl (C=O) groups excluding carboxylic acids is 1. The molecule has 0 spiro atoms. The van der Waals surface area contributed by atoms with Gasteiger partial charge in [-0.3, -0.25) is 14.2 Å². The van der Waals surface area contributed by atoms with Crippen molar-refractivity contribution in [3.8, 4) is 0 Å². The molecule has 1 N–H and O–H groups in total. The average Bonchev–Trinajstić information content (AvgIpc) is 2.53. The minimum Gasteiger partial charge on any atom is -0.272 e. The molecule has 0 aromatic carbocycles. The van der Waals surface area contributed by atoms with Gasteiger partial charge < -0.3 is 0 Å². The van der Waals surface area contributed by atoms with Crippen molar-refractivity contribution in [2.45, 2.75) is 37.6 Å². The molecular weight excluding hydrogens is 318 g/mol. The number of carbonyl (C=O) groups is 1. The van der Waals surface area contributed by atoms with Gasteiger partial charge in [0.15, 0.2) is 5.03 Å². The fraction of sp³-hybridized carbons (Fsp3) is 0.643. The summed E-state index contributed by atoms with van der Waals surface area (Å²) in [5.41, 5.74) is 2.54. The summed E-state index contributed by atoms with van der Waals surface area (Å²) in [6.45, 7) is 2.17. The summed E-state index contributed by atoms with van der Waals surface area (Å²) in [5, 5.41) is 8.16. The van der Waals surface area contributed by atoms with Gasteiger partial charge in [-0.2, -0.15) is 10.2 Å². The Hall–Kier alpha value is -1.90. The summed E-state index contributed by atoms with van der Waals surface area (Å²) in [6, 6.07) is 0. The summed E-state index contributed by atoms with van der Waals surface area (Å²) in [7, 11) is 2.84. The van der Waals surface area contributed by atoms with Crippen LogP contribution in [0.25, 0.3) is 0 Å². The van der Waals surface area contributed by atoms with E-state index in [-0.39, 0.29) is 16.7 Å². The van der Waals surface area contributed by atoms with E-state index in [1.165, 1.54) is 20.5 Å². The molecule has 1 aromatic rings. The van der Waals surface area contributed by atoms with Crippen LogP contribution < -0.4 is 16.7 Å². The quantitative estimate of drug-likeness (QED) is 0.626. The normalized spacial score (nSPS) is 19.8. The molecule has 0 unspecified atom stereocenters. The van der Waals surface area contributed by atoms with Crippen molar-refractivity contribution in [3.05, 3.63) is 20.8 Å². The van der Waals surface area contributed by atoms with Crippen molar-refractivity contribution in [3.63, 3.8) is 0 Å². The number of nitrogens with zero attached hydrogens (tertiary/aromatic N) is 4. The standard InChI is InChI=1S/C14H21N5O3S/c1-9-5-4-6-10(7-9)15-16-11(20)8-23-12-13(21)18(2)14(22)19(3)17-12/h9H,4-8H2,1-3H3,(H,16,20)/b15-10-/t9-/m0/s1. The number of thioether (sulfide) groups is 1. The van der Waals surface area contributed by atoms with Crippen LogP contribution in [0.3, 0.4) is 0 Å². The molecule has 0 aliphatic heterocycles. The van der Waals surface area contributed by atoms with Crippen molar-refractivity contribution in [1.29, 1.82) is 0 Å². The van der Waals surface area contributed by atoms with Crippen LogP contribution in [-0.2, 0) is 18.9 Å². The van der Waals surface area contributed by atoms with Gasteiger partial charge in [0.05, 0.1) is 5.75 Å². The molecule has 0 radical (unpaired) electrons. The van der Waals surface area contributed by atoms with Gasteiger partial charge in [-0.05, 0) is 31.6 Å². The number of hydrogen-bond acceptors (Lipinski definition) is 6. The van der Waals surface area contributed by atoms with Crippen molar-refractivity contribution in [2.24, 2.45) is 25.1 Å². The Bertz CT molecular complexity index is 737. The predicted molar refractivity (Wildman–Crippen MR) is 88.7 cm³/mol. The second-order valence-corrected chi connectivity index (χ2v) is 6.74. The number of aryl methyl sites for hydroxylation is 1. The molecule has 2 rings (SSSR count). The summed E-state index contributed by atoms with van der Waals surface area (Å²) in [6.07, 6.45) is 4.13. The Labute approximate surface area is 138 Å². The maximum atomic E-state index is 11.9.